The first-order valence-corrected chi connectivity index (χ1v) is 11.9. The van der Waals surface area contributed by atoms with Gasteiger partial charge in [-0.3, -0.25) is 14.5 Å². The van der Waals surface area contributed by atoms with Gasteiger partial charge in [0.2, 0.25) is 11.8 Å². The summed E-state index contributed by atoms with van der Waals surface area (Å²) >= 11 is 11.9. The molecule has 0 unspecified atom stereocenters. The summed E-state index contributed by atoms with van der Waals surface area (Å²) in [5, 5.41) is 30.7. The molecule has 3 rings (SSSR count). The second-order valence-electron chi connectivity index (χ2n) is 8.63. The number of amides is 2. The van der Waals surface area contributed by atoms with Crippen LogP contribution in [0.4, 0.5) is 0 Å². The lowest BCUT2D eigenvalue weighted by molar-refractivity contribution is -0.132. The molecule has 0 spiro atoms. The van der Waals surface area contributed by atoms with Gasteiger partial charge in [-0.2, -0.15) is 0 Å². The molecule has 0 aromatic heterocycles. The molecule has 2 fully saturated rings. The molecule has 0 aliphatic carbocycles. The molecule has 2 amide bonds. The van der Waals surface area contributed by atoms with E-state index in [2.05, 4.69) is 0 Å². The van der Waals surface area contributed by atoms with Crippen LogP contribution in [0.1, 0.15) is 18.4 Å². The number of piperidine rings is 1. The van der Waals surface area contributed by atoms with Crippen LogP contribution in [0.25, 0.3) is 6.08 Å². The highest BCUT2D eigenvalue weighted by Gasteiger charge is 2.29. The molecule has 2 aliphatic heterocycles. The van der Waals surface area contributed by atoms with Gasteiger partial charge in [-0.25, -0.2) is 0 Å². The fourth-order valence-electron chi connectivity index (χ4n) is 4.20. The summed E-state index contributed by atoms with van der Waals surface area (Å²) in [6.45, 7) is 2.59. The standard InChI is InChI=1S/C23H31Cl2N3O5/c24-19-3-1-16(11-20(19)25)2-4-22(32)27-8-6-23(33)28(10-9-27)13-18(30)12-26-7-5-17(15-29)21(31)14-26/h1-4,11,17-18,21,29-31H,5-10,12-15H2/b4-2+/t17-,18-,21+/m0/s1. The zero-order valence-electron chi connectivity index (χ0n) is 18.4. The second kappa shape index (κ2) is 12.1. The number of halogens is 2. The van der Waals surface area contributed by atoms with Crippen molar-refractivity contribution in [1.82, 2.24) is 14.7 Å². The first-order chi connectivity index (χ1) is 15.8. The number of hydrogen-bond donors (Lipinski definition) is 3. The second-order valence-corrected chi connectivity index (χ2v) is 9.45. The average molecular weight is 500 g/mol. The Morgan fingerprint density at radius 2 is 1.94 bits per heavy atom. The lowest BCUT2D eigenvalue weighted by Gasteiger charge is -2.36. The third-order valence-electron chi connectivity index (χ3n) is 6.20. The van der Waals surface area contributed by atoms with Crippen LogP contribution in [0.5, 0.6) is 0 Å². The highest BCUT2D eigenvalue weighted by Crippen LogP contribution is 2.23. The normalized spacial score (nSPS) is 23.7. The van der Waals surface area contributed by atoms with Crippen LogP contribution in [0, 0.1) is 5.92 Å². The number of β-amino-alcohol motifs (C(OH)–C–C–N with tert-alkyl or cyclic N) is 2. The van der Waals surface area contributed by atoms with Crippen molar-refractivity contribution in [2.75, 3.05) is 52.4 Å². The van der Waals surface area contributed by atoms with Crippen molar-refractivity contribution in [3.8, 4) is 0 Å². The summed E-state index contributed by atoms with van der Waals surface area (Å²) in [5.41, 5.74) is 0.751. The SMILES string of the molecule is O=C(/C=C/c1ccc(Cl)c(Cl)c1)N1CCC(=O)N(C[C@@H](O)CN2CC[C@@H](CO)[C@H](O)C2)CC1. The van der Waals surface area contributed by atoms with E-state index in [9.17, 15) is 24.9 Å². The van der Waals surface area contributed by atoms with Crippen LogP contribution >= 0.6 is 23.2 Å². The van der Waals surface area contributed by atoms with Crippen LogP contribution in [0.15, 0.2) is 24.3 Å². The number of aliphatic hydroxyl groups is 3. The molecule has 2 aliphatic rings. The van der Waals surface area contributed by atoms with Gasteiger partial charge < -0.3 is 25.1 Å². The van der Waals surface area contributed by atoms with E-state index >= 15 is 0 Å². The number of carbonyl (C=O) groups excluding carboxylic acids is 2. The third-order valence-corrected chi connectivity index (χ3v) is 6.94. The Labute approximate surface area is 204 Å². The van der Waals surface area contributed by atoms with E-state index in [0.717, 1.165) is 5.56 Å². The Bertz CT molecular complexity index is 868. The molecule has 2 heterocycles. The zero-order valence-corrected chi connectivity index (χ0v) is 20.0. The molecule has 1 aromatic carbocycles. The van der Waals surface area contributed by atoms with E-state index in [1.807, 2.05) is 4.90 Å². The monoisotopic (exact) mass is 499 g/mol. The van der Waals surface area contributed by atoms with Crippen molar-refractivity contribution >= 4 is 41.1 Å². The maximum absolute atomic E-state index is 12.6. The summed E-state index contributed by atoms with van der Waals surface area (Å²) in [6.07, 6.45) is 2.60. The molecular weight excluding hydrogens is 469 g/mol. The fourth-order valence-corrected chi connectivity index (χ4v) is 4.51. The van der Waals surface area contributed by atoms with Gasteiger partial charge in [-0.05, 0) is 36.7 Å². The maximum Gasteiger partial charge on any atom is 0.246 e. The Morgan fingerprint density at radius 3 is 2.64 bits per heavy atom. The molecule has 8 nitrogen and oxygen atoms in total. The Kier molecular flexibility index (Phi) is 9.55. The van der Waals surface area contributed by atoms with Gasteiger partial charge in [0.1, 0.15) is 0 Å². The number of likely N-dealkylation sites (tertiary alicyclic amines) is 1. The maximum atomic E-state index is 12.6. The molecule has 0 bridgehead atoms. The van der Waals surface area contributed by atoms with Gasteiger partial charge in [0.25, 0.3) is 0 Å². The number of hydrogen-bond acceptors (Lipinski definition) is 6. The number of nitrogens with zero attached hydrogens (tertiary/aromatic N) is 3. The predicted molar refractivity (Wildman–Crippen MR) is 127 cm³/mol. The van der Waals surface area contributed by atoms with Crippen molar-refractivity contribution in [3.05, 3.63) is 39.9 Å². The first kappa shape index (κ1) is 25.9. The molecule has 33 heavy (non-hydrogen) atoms. The molecular formula is C23H31Cl2N3O5. The molecule has 0 saturated carbocycles. The summed E-state index contributed by atoms with van der Waals surface area (Å²) in [6, 6.07) is 5.10. The Hall–Kier alpha value is -1.68. The van der Waals surface area contributed by atoms with E-state index < -0.39 is 12.2 Å². The van der Waals surface area contributed by atoms with Gasteiger partial charge >= 0.3 is 0 Å². The van der Waals surface area contributed by atoms with Crippen molar-refractivity contribution in [2.45, 2.75) is 25.0 Å². The van der Waals surface area contributed by atoms with Gasteiger partial charge in [0, 0.05) is 64.3 Å². The van der Waals surface area contributed by atoms with Crippen LogP contribution in [0.3, 0.4) is 0 Å². The van der Waals surface area contributed by atoms with Crippen molar-refractivity contribution in [2.24, 2.45) is 5.92 Å². The molecule has 1 aromatic rings. The smallest absolute Gasteiger partial charge is 0.246 e. The summed E-state index contributed by atoms with van der Waals surface area (Å²) in [5.74, 6) is -0.423. The first-order valence-electron chi connectivity index (χ1n) is 11.2. The predicted octanol–water partition coefficient (Wildman–Crippen LogP) is 1.10. The summed E-state index contributed by atoms with van der Waals surface area (Å²) in [7, 11) is 0. The van der Waals surface area contributed by atoms with Gasteiger partial charge in [0.15, 0.2) is 0 Å². The average Bonchev–Trinajstić information content (AvgIpc) is 2.96. The quantitative estimate of drug-likeness (QED) is 0.485. The molecule has 0 radical (unpaired) electrons. The van der Waals surface area contributed by atoms with Crippen LogP contribution in [0.2, 0.25) is 10.0 Å². The van der Waals surface area contributed by atoms with Gasteiger partial charge in [0.05, 0.1) is 22.3 Å². The van der Waals surface area contributed by atoms with E-state index in [0.29, 0.717) is 55.7 Å². The van der Waals surface area contributed by atoms with Crippen LogP contribution in [-0.4, -0.2) is 106 Å². The number of benzene rings is 1. The molecule has 182 valence electrons. The van der Waals surface area contributed by atoms with Crippen molar-refractivity contribution < 1.29 is 24.9 Å². The number of aliphatic hydroxyl groups excluding tert-OH is 3. The Morgan fingerprint density at radius 1 is 1.15 bits per heavy atom. The van der Waals surface area contributed by atoms with E-state index in [-0.39, 0.29) is 37.3 Å². The highest BCUT2D eigenvalue weighted by atomic mass is 35.5. The highest BCUT2D eigenvalue weighted by molar-refractivity contribution is 6.42. The topological polar surface area (TPSA) is 105 Å². The number of carbonyl (C=O) groups is 2. The minimum absolute atomic E-state index is 0.0440. The van der Waals surface area contributed by atoms with Gasteiger partial charge in [-0.1, -0.05) is 29.3 Å². The lowest BCUT2D eigenvalue weighted by Crippen LogP contribution is -2.49. The zero-order chi connectivity index (χ0) is 24.0. The molecule has 2 saturated heterocycles. The van der Waals surface area contributed by atoms with Crippen molar-refractivity contribution in [3.63, 3.8) is 0 Å². The minimum atomic E-state index is -0.761. The third kappa shape index (κ3) is 7.40. The largest absolute Gasteiger partial charge is 0.396 e. The molecule has 10 heteroatoms. The van der Waals surface area contributed by atoms with Crippen molar-refractivity contribution in [1.29, 1.82) is 0 Å². The van der Waals surface area contributed by atoms with Crippen LogP contribution in [-0.2, 0) is 9.59 Å². The number of rotatable bonds is 7. The lowest BCUT2D eigenvalue weighted by atomic mass is 9.94. The minimum Gasteiger partial charge on any atom is -0.396 e. The van der Waals surface area contributed by atoms with Crippen LogP contribution < -0.4 is 0 Å². The molecule has 3 atom stereocenters. The van der Waals surface area contributed by atoms with E-state index in [1.54, 1.807) is 34.1 Å². The van der Waals surface area contributed by atoms with E-state index in [4.69, 9.17) is 23.2 Å². The van der Waals surface area contributed by atoms with Gasteiger partial charge in [-0.15, -0.1) is 0 Å². The fraction of sp³-hybridized carbons (Fsp3) is 0.565. The summed E-state index contributed by atoms with van der Waals surface area (Å²) < 4.78 is 0. The Balaban J connectivity index is 1.49. The van der Waals surface area contributed by atoms with E-state index in [1.165, 1.54) is 6.08 Å². The molecule has 3 N–H and O–H groups in total. The summed E-state index contributed by atoms with van der Waals surface area (Å²) in [4.78, 5) is 30.3.